The van der Waals surface area contributed by atoms with Crippen LogP contribution in [0.15, 0.2) is 59.1 Å². The first-order valence-corrected chi connectivity index (χ1v) is 9.01. The fraction of sp³-hybridized carbons (Fsp3) is 0.211. The second-order valence-electron chi connectivity index (χ2n) is 5.99. The van der Waals surface area contributed by atoms with E-state index in [4.69, 9.17) is 0 Å². The Morgan fingerprint density at radius 1 is 1.08 bits per heavy atom. The number of nitrogens with one attached hydrogen (secondary N) is 2. The van der Waals surface area contributed by atoms with E-state index in [0.29, 0.717) is 0 Å². The molecule has 4 amide bonds. The normalized spacial score (nSPS) is 15.3. The molecule has 0 aliphatic carbocycles. The van der Waals surface area contributed by atoms with Gasteiger partial charge >= 0.3 is 6.03 Å². The second kappa shape index (κ2) is 8.14. The molecule has 134 valence electrons. The molecule has 0 spiro atoms. The van der Waals surface area contributed by atoms with Crippen LogP contribution < -0.4 is 10.6 Å². The van der Waals surface area contributed by atoms with Crippen LogP contribution in [0.5, 0.6) is 0 Å². The van der Waals surface area contributed by atoms with Gasteiger partial charge in [0.25, 0.3) is 0 Å². The number of halogens is 1. The van der Waals surface area contributed by atoms with Crippen LogP contribution in [0.1, 0.15) is 23.6 Å². The Morgan fingerprint density at radius 2 is 1.73 bits per heavy atom. The molecule has 1 atom stereocenters. The molecular formula is C19H18BrN3O3. The predicted molar refractivity (Wildman–Crippen MR) is 100 cm³/mol. The van der Waals surface area contributed by atoms with Crippen molar-refractivity contribution < 1.29 is 14.4 Å². The van der Waals surface area contributed by atoms with E-state index in [1.807, 2.05) is 54.6 Å². The van der Waals surface area contributed by atoms with Gasteiger partial charge in [-0.15, -0.1) is 0 Å². The highest BCUT2D eigenvalue weighted by atomic mass is 79.9. The van der Waals surface area contributed by atoms with Crippen molar-refractivity contribution in [2.45, 2.75) is 12.5 Å². The number of carbonyl (C=O) groups is 3. The summed E-state index contributed by atoms with van der Waals surface area (Å²) in [6.07, 6.45) is 0.202. The number of nitrogens with zero attached hydrogens (tertiary/aromatic N) is 1. The first-order chi connectivity index (χ1) is 12.5. The molecule has 0 saturated carbocycles. The van der Waals surface area contributed by atoms with E-state index >= 15 is 0 Å². The molecule has 1 fully saturated rings. The summed E-state index contributed by atoms with van der Waals surface area (Å²) in [5.74, 6) is -0.602. The van der Waals surface area contributed by atoms with E-state index in [1.165, 1.54) is 4.90 Å². The van der Waals surface area contributed by atoms with E-state index in [9.17, 15) is 14.4 Å². The number of hydrogen-bond donors (Lipinski definition) is 2. The van der Waals surface area contributed by atoms with Crippen molar-refractivity contribution in [3.8, 4) is 0 Å². The van der Waals surface area contributed by atoms with Crippen LogP contribution in [0.4, 0.5) is 4.79 Å². The zero-order valence-electron chi connectivity index (χ0n) is 13.9. The molecule has 1 saturated heterocycles. The third-order valence-corrected chi connectivity index (χ3v) is 4.65. The van der Waals surface area contributed by atoms with Crippen LogP contribution in [-0.2, 0) is 9.59 Å². The predicted octanol–water partition coefficient (Wildman–Crippen LogP) is 2.60. The maximum Gasteiger partial charge on any atom is 0.324 e. The van der Waals surface area contributed by atoms with Crippen molar-refractivity contribution in [3.05, 3.63) is 70.2 Å². The zero-order chi connectivity index (χ0) is 18.5. The minimum atomic E-state index is -0.531. The fourth-order valence-corrected chi connectivity index (χ4v) is 3.05. The molecule has 0 bridgehead atoms. The first kappa shape index (κ1) is 18.1. The lowest BCUT2D eigenvalue weighted by atomic mass is 9.98. The van der Waals surface area contributed by atoms with E-state index < -0.39 is 6.03 Å². The van der Waals surface area contributed by atoms with Crippen LogP contribution in [0, 0.1) is 0 Å². The number of rotatable bonds is 5. The topological polar surface area (TPSA) is 78.5 Å². The number of imide groups is 1. The van der Waals surface area contributed by atoms with Gasteiger partial charge in [0, 0.05) is 17.4 Å². The largest absolute Gasteiger partial charge is 0.344 e. The molecular weight excluding hydrogens is 398 g/mol. The van der Waals surface area contributed by atoms with E-state index in [1.54, 1.807) is 0 Å². The molecule has 2 aromatic rings. The van der Waals surface area contributed by atoms with E-state index in [0.717, 1.165) is 15.6 Å². The van der Waals surface area contributed by atoms with Crippen molar-refractivity contribution in [3.63, 3.8) is 0 Å². The summed E-state index contributed by atoms with van der Waals surface area (Å²) in [6, 6.07) is 16.5. The monoisotopic (exact) mass is 415 g/mol. The number of amides is 4. The van der Waals surface area contributed by atoms with Gasteiger partial charge in [0.1, 0.15) is 6.54 Å². The summed E-state index contributed by atoms with van der Waals surface area (Å²) >= 11 is 3.41. The smallest absolute Gasteiger partial charge is 0.324 e. The number of carbonyl (C=O) groups excluding carboxylic acids is 3. The SMILES string of the molecule is O=C1CCN(CC(=O)NC(c2ccccc2)c2ccc(Br)cc2)C(=O)N1. The summed E-state index contributed by atoms with van der Waals surface area (Å²) < 4.78 is 0.953. The molecule has 2 N–H and O–H groups in total. The van der Waals surface area contributed by atoms with Gasteiger partial charge in [-0.2, -0.15) is 0 Å². The third kappa shape index (κ3) is 4.49. The van der Waals surface area contributed by atoms with E-state index in [2.05, 4.69) is 26.6 Å². The summed E-state index contributed by atoms with van der Waals surface area (Å²) in [6.45, 7) is 0.144. The van der Waals surface area contributed by atoms with Crippen molar-refractivity contribution in [2.24, 2.45) is 0 Å². The third-order valence-electron chi connectivity index (χ3n) is 4.12. The van der Waals surface area contributed by atoms with Gasteiger partial charge in [-0.3, -0.25) is 14.9 Å². The van der Waals surface area contributed by atoms with Crippen LogP contribution >= 0.6 is 15.9 Å². The molecule has 1 aliphatic rings. The average Bonchev–Trinajstić information content (AvgIpc) is 2.64. The van der Waals surface area contributed by atoms with Gasteiger partial charge in [-0.25, -0.2) is 4.79 Å². The highest BCUT2D eigenvalue weighted by Gasteiger charge is 2.26. The molecule has 0 aromatic heterocycles. The summed E-state index contributed by atoms with van der Waals surface area (Å²) in [5, 5.41) is 5.21. The van der Waals surface area contributed by atoms with Crippen molar-refractivity contribution in [2.75, 3.05) is 13.1 Å². The molecule has 0 radical (unpaired) electrons. The Labute approximate surface area is 159 Å². The van der Waals surface area contributed by atoms with Gasteiger partial charge in [0.2, 0.25) is 11.8 Å². The summed E-state index contributed by atoms with van der Waals surface area (Å²) in [7, 11) is 0. The highest BCUT2D eigenvalue weighted by molar-refractivity contribution is 9.10. The lowest BCUT2D eigenvalue weighted by Gasteiger charge is -2.27. The van der Waals surface area contributed by atoms with Crippen LogP contribution in [0.25, 0.3) is 0 Å². The molecule has 1 heterocycles. The summed E-state index contributed by atoms with van der Waals surface area (Å²) in [4.78, 5) is 36.9. The van der Waals surface area contributed by atoms with Crippen molar-refractivity contribution in [1.82, 2.24) is 15.5 Å². The van der Waals surface area contributed by atoms with Gasteiger partial charge < -0.3 is 10.2 Å². The molecule has 1 unspecified atom stereocenters. The van der Waals surface area contributed by atoms with Crippen molar-refractivity contribution in [1.29, 1.82) is 0 Å². The summed E-state index contributed by atoms with van der Waals surface area (Å²) in [5.41, 5.74) is 1.88. The molecule has 7 heteroatoms. The van der Waals surface area contributed by atoms with Gasteiger partial charge in [-0.1, -0.05) is 58.4 Å². The quantitative estimate of drug-likeness (QED) is 0.787. The molecule has 3 rings (SSSR count). The first-order valence-electron chi connectivity index (χ1n) is 8.21. The Kier molecular flexibility index (Phi) is 5.68. The molecule has 26 heavy (non-hydrogen) atoms. The molecule has 6 nitrogen and oxygen atoms in total. The average molecular weight is 416 g/mol. The van der Waals surface area contributed by atoms with Crippen molar-refractivity contribution >= 4 is 33.8 Å². The lowest BCUT2D eigenvalue weighted by Crippen LogP contribution is -2.52. The fourth-order valence-electron chi connectivity index (χ4n) is 2.79. The number of benzene rings is 2. The number of hydrogen-bond acceptors (Lipinski definition) is 3. The van der Waals surface area contributed by atoms with Crippen LogP contribution in [0.2, 0.25) is 0 Å². The van der Waals surface area contributed by atoms with Gasteiger partial charge in [0.05, 0.1) is 6.04 Å². The van der Waals surface area contributed by atoms with E-state index in [-0.39, 0.29) is 37.4 Å². The number of urea groups is 1. The minimum absolute atomic E-state index is 0.0982. The second-order valence-corrected chi connectivity index (χ2v) is 6.90. The Morgan fingerprint density at radius 3 is 2.38 bits per heavy atom. The highest BCUT2D eigenvalue weighted by Crippen LogP contribution is 2.23. The standard InChI is InChI=1S/C19H18BrN3O3/c20-15-8-6-14(7-9-15)18(13-4-2-1-3-5-13)21-17(25)12-23-11-10-16(24)22-19(23)26/h1-9,18H,10-12H2,(H,21,25)(H,22,24,26). The maximum atomic E-state index is 12.5. The minimum Gasteiger partial charge on any atom is -0.344 e. The lowest BCUT2D eigenvalue weighted by molar-refractivity contribution is -0.125. The Bertz CT molecular complexity index is 809. The Balaban J connectivity index is 1.75. The molecule has 2 aromatic carbocycles. The van der Waals surface area contributed by atoms with Gasteiger partial charge in [0.15, 0.2) is 0 Å². The zero-order valence-corrected chi connectivity index (χ0v) is 15.5. The van der Waals surface area contributed by atoms with Gasteiger partial charge in [-0.05, 0) is 23.3 Å². The van der Waals surface area contributed by atoms with Crippen LogP contribution in [0.3, 0.4) is 0 Å². The van der Waals surface area contributed by atoms with Crippen LogP contribution in [-0.4, -0.2) is 35.8 Å². The molecule has 1 aliphatic heterocycles. The maximum absolute atomic E-state index is 12.5. The Hall–Kier alpha value is -2.67.